The van der Waals surface area contributed by atoms with Crippen LogP contribution in [0.5, 0.6) is 5.75 Å². The number of nitrogens with one attached hydrogen (secondary N) is 2. The van der Waals surface area contributed by atoms with Gasteiger partial charge in [0.2, 0.25) is 11.8 Å². The fraction of sp³-hybridized carbons (Fsp3) is 0.425. The highest BCUT2D eigenvalue weighted by Gasteiger charge is 2.43. The van der Waals surface area contributed by atoms with E-state index >= 15 is 0 Å². The summed E-state index contributed by atoms with van der Waals surface area (Å²) in [7, 11) is 0. The van der Waals surface area contributed by atoms with Crippen LogP contribution in [0.1, 0.15) is 51.4 Å². The van der Waals surface area contributed by atoms with Gasteiger partial charge in [-0.15, -0.1) is 21.5 Å². The minimum Gasteiger partial charge on any atom is -0.507 e. The van der Waals surface area contributed by atoms with E-state index in [4.69, 9.17) is 5.73 Å². The van der Waals surface area contributed by atoms with Gasteiger partial charge in [-0.1, -0.05) is 63.7 Å². The van der Waals surface area contributed by atoms with E-state index in [1.807, 2.05) is 57.2 Å². The van der Waals surface area contributed by atoms with Gasteiger partial charge in [0, 0.05) is 56.4 Å². The number of aliphatic hydroxyl groups excluding tert-OH is 1. The number of hydrogen-bond donors (Lipinski definition) is 5. The first-order chi connectivity index (χ1) is 25.7. The highest BCUT2D eigenvalue weighted by molar-refractivity contribution is 7.13. The SMILES string of the molecule is C=C(N[C@@H](C)c1ccc(-c2scnc2C)cc1)[C@H]1C[C@H](O)CN1C(=O)[C@@H](NC(=O)CN1CCN(c2cc(-c3ccccc3O)nnc2N)CC1)C(C)(C)C. The van der Waals surface area contributed by atoms with Crippen molar-refractivity contribution in [3.05, 3.63) is 83.6 Å². The average molecular weight is 754 g/mol. The molecule has 0 unspecified atom stereocenters. The van der Waals surface area contributed by atoms with Gasteiger partial charge in [0.25, 0.3) is 0 Å². The Morgan fingerprint density at radius 2 is 1.76 bits per heavy atom. The number of aryl methyl sites for hydroxylation is 1. The highest BCUT2D eigenvalue weighted by Crippen LogP contribution is 2.33. The van der Waals surface area contributed by atoms with E-state index in [0.717, 1.165) is 27.4 Å². The zero-order valence-electron chi connectivity index (χ0n) is 31.6. The minimum absolute atomic E-state index is 0.0899. The van der Waals surface area contributed by atoms with Crippen molar-refractivity contribution in [1.82, 2.24) is 35.6 Å². The number of amides is 2. The van der Waals surface area contributed by atoms with Gasteiger partial charge < -0.3 is 36.4 Å². The number of aromatic hydroxyl groups is 1. The second-order valence-corrected chi connectivity index (χ2v) is 16.2. The molecule has 2 aromatic heterocycles. The van der Waals surface area contributed by atoms with Crippen LogP contribution in [0.15, 0.2) is 72.4 Å². The van der Waals surface area contributed by atoms with Gasteiger partial charge >= 0.3 is 0 Å². The number of benzene rings is 2. The first-order valence-corrected chi connectivity index (χ1v) is 19.2. The molecule has 6 N–H and O–H groups in total. The van der Waals surface area contributed by atoms with Crippen LogP contribution in [-0.2, 0) is 9.59 Å². The normalized spacial score (nSPS) is 19.0. The first-order valence-electron chi connectivity index (χ1n) is 18.3. The smallest absolute Gasteiger partial charge is 0.246 e. The van der Waals surface area contributed by atoms with Crippen molar-refractivity contribution in [3.63, 3.8) is 0 Å². The standard InChI is InChI=1S/C40H51N9O4S/c1-24(27-11-13-28(14-12-27)36-26(3)42-23-54-36)43-25(2)32-19-29(50)21-49(32)39(53)37(40(4,5)6)44-35(52)22-47-15-17-48(18-16-47)33-20-31(45-46-38(33)41)30-9-7-8-10-34(30)51/h7-14,20,23-24,29,32,37,43,50-51H,2,15-19,21-22H2,1,3-6H3,(H2,41,46)(H,44,52)/t24-,29-,32+,37+/m0/s1. The molecule has 2 aliphatic heterocycles. The molecule has 0 radical (unpaired) electrons. The number of likely N-dealkylation sites (tertiary alicyclic amines) is 1. The fourth-order valence-electron chi connectivity index (χ4n) is 7.18. The average Bonchev–Trinajstić information content (AvgIpc) is 3.76. The predicted molar refractivity (Wildman–Crippen MR) is 213 cm³/mol. The number of carbonyl (C=O) groups is 2. The molecule has 0 saturated carbocycles. The number of phenolic OH excluding ortho intramolecular Hbond substituents is 1. The van der Waals surface area contributed by atoms with E-state index in [2.05, 4.69) is 61.6 Å². The van der Waals surface area contributed by atoms with Crippen LogP contribution in [0.2, 0.25) is 0 Å². The number of piperazine rings is 1. The molecule has 4 atom stereocenters. The lowest BCUT2D eigenvalue weighted by Gasteiger charge is -2.38. The number of thiazole rings is 1. The number of anilines is 2. The molecule has 0 aliphatic carbocycles. The Morgan fingerprint density at radius 1 is 1.06 bits per heavy atom. The summed E-state index contributed by atoms with van der Waals surface area (Å²) in [4.78, 5) is 39.1. The molecule has 0 spiro atoms. The van der Waals surface area contributed by atoms with E-state index in [0.29, 0.717) is 55.4 Å². The van der Waals surface area contributed by atoms with Crippen LogP contribution >= 0.6 is 11.3 Å². The number of nitrogens with zero attached hydrogens (tertiary/aromatic N) is 6. The molecular weight excluding hydrogens is 703 g/mol. The Labute approximate surface area is 320 Å². The number of para-hydroxylation sites is 1. The lowest BCUT2D eigenvalue weighted by atomic mass is 9.85. The Bertz CT molecular complexity index is 1970. The number of rotatable bonds is 11. The Kier molecular flexibility index (Phi) is 11.5. The van der Waals surface area contributed by atoms with Crippen molar-refractivity contribution < 1.29 is 19.8 Å². The van der Waals surface area contributed by atoms with Gasteiger partial charge in [-0.2, -0.15) is 0 Å². The van der Waals surface area contributed by atoms with E-state index in [9.17, 15) is 19.8 Å². The fourth-order valence-corrected chi connectivity index (χ4v) is 8.00. The predicted octanol–water partition coefficient (Wildman–Crippen LogP) is 4.34. The maximum Gasteiger partial charge on any atom is 0.246 e. The van der Waals surface area contributed by atoms with E-state index in [1.54, 1.807) is 34.4 Å². The molecule has 6 rings (SSSR count). The Balaban J connectivity index is 1.06. The van der Waals surface area contributed by atoms with Crippen LogP contribution in [-0.4, -0.2) is 104 Å². The third-order valence-corrected chi connectivity index (χ3v) is 11.2. The van der Waals surface area contributed by atoms with Gasteiger partial charge in [0.05, 0.1) is 46.2 Å². The molecule has 2 amide bonds. The number of hydrogen-bond acceptors (Lipinski definition) is 12. The van der Waals surface area contributed by atoms with E-state index in [1.165, 1.54) is 0 Å². The number of phenols is 1. The number of β-amino-alcohol motifs (C(OH)–C–C–N with tert-alkyl or cyclic N) is 1. The maximum atomic E-state index is 14.3. The largest absolute Gasteiger partial charge is 0.507 e. The lowest BCUT2D eigenvalue weighted by Crippen LogP contribution is -2.58. The zero-order valence-corrected chi connectivity index (χ0v) is 32.4. The third-order valence-electron chi connectivity index (χ3n) is 10.3. The molecule has 2 saturated heterocycles. The van der Waals surface area contributed by atoms with Crippen molar-refractivity contribution in [3.8, 4) is 27.4 Å². The molecule has 2 aliphatic rings. The topological polar surface area (TPSA) is 173 Å². The molecule has 0 bridgehead atoms. The van der Waals surface area contributed by atoms with Crippen LogP contribution in [0, 0.1) is 12.3 Å². The number of nitrogen functional groups attached to an aromatic ring is 1. The number of aromatic nitrogens is 3. The molecule has 14 heteroatoms. The zero-order chi connectivity index (χ0) is 38.7. The van der Waals surface area contributed by atoms with Crippen LogP contribution in [0.4, 0.5) is 11.5 Å². The number of carbonyl (C=O) groups excluding carboxylic acids is 2. The summed E-state index contributed by atoms with van der Waals surface area (Å²) in [5.74, 6) is -0.0927. The molecule has 4 heterocycles. The van der Waals surface area contributed by atoms with E-state index < -0.39 is 23.6 Å². The molecular formula is C40H51N9O4S. The second-order valence-electron chi connectivity index (χ2n) is 15.3. The van der Waals surface area contributed by atoms with Crippen molar-refractivity contribution in [2.75, 3.05) is 49.9 Å². The van der Waals surface area contributed by atoms with Gasteiger partial charge in [0.1, 0.15) is 11.8 Å². The molecule has 13 nitrogen and oxygen atoms in total. The quantitative estimate of drug-likeness (QED) is 0.148. The van der Waals surface area contributed by atoms with Gasteiger partial charge in [-0.05, 0) is 48.6 Å². The van der Waals surface area contributed by atoms with Crippen molar-refractivity contribution in [2.24, 2.45) is 5.41 Å². The summed E-state index contributed by atoms with van der Waals surface area (Å²) in [6, 6.07) is 15.8. The monoisotopic (exact) mass is 753 g/mol. The molecule has 286 valence electrons. The summed E-state index contributed by atoms with van der Waals surface area (Å²) in [6.45, 7) is 16.8. The van der Waals surface area contributed by atoms with Crippen LogP contribution < -0.4 is 21.3 Å². The van der Waals surface area contributed by atoms with Gasteiger partial charge in [0.15, 0.2) is 5.82 Å². The highest BCUT2D eigenvalue weighted by atomic mass is 32.1. The third kappa shape index (κ3) is 8.67. The number of nitrogens with two attached hydrogens (primary N) is 1. The van der Waals surface area contributed by atoms with Crippen molar-refractivity contribution in [1.29, 1.82) is 0 Å². The van der Waals surface area contributed by atoms with Crippen molar-refractivity contribution in [2.45, 2.75) is 65.3 Å². The lowest BCUT2D eigenvalue weighted by molar-refractivity contribution is -0.140. The van der Waals surface area contributed by atoms with Crippen LogP contribution in [0.3, 0.4) is 0 Å². The molecule has 4 aromatic rings. The summed E-state index contributed by atoms with van der Waals surface area (Å²) in [6.07, 6.45) is -0.351. The van der Waals surface area contributed by atoms with Crippen molar-refractivity contribution >= 4 is 34.7 Å². The Morgan fingerprint density at radius 3 is 2.41 bits per heavy atom. The van der Waals surface area contributed by atoms with Gasteiger partial charge in [-0.25, -0.2) is 4.98 Å². The second kappa shape index (κ2) is 16.1. The molecule has 2 aromatic carbocycles. The molecule has 2 fully saturated rings. The summed E-state index contributed by atoms with van der Waals surface area (Å²) >= 11 is 1.62. The Hall–Kier alpha value is -5.05. The van der Waals surface area contributed by atoms with E-state index in [-0.39, 0.29) is 36.7 Å². The summed E-state index contributed by atoms with van der Waals surface area (Å²) in [5, 5.41) is 35.9. The number of aliphatic hydroxyl groups is 1. The van der Waals surface area contributed by atoms with Gasteiger partial charge in [-0.3, -0.25) is 14.5 Å². The first kappa shape index (κ1) is 38.7. The van der Waals surface area contributed by atoms with Crippen LogP contribution in [0.25, 0.3) is 21.7 Å². The summed E-state index contributed by atoms with van der Waals surface area (Å²) < 4.78 is 0. The summed E-state index contributed by atoms with van der Waals surface area (Å²) in [5.41, 5.74) is 13.1. The molecule has 54 heavy (non-hydrogen) atoms. The maximum absolute atomic E-state index is 14.3. The minimum atomic E-state index is -0.817.